The Labute approximate surface area is 131 Å². The van der Waals surface area contributed by atoms with Crippen molar-refractivity contribution < 1.29 is 4.79 Å². The number of amides is 1. The predicted molar refractivity (Wildman–Crippen MR) is 89.9 cm³/mol. The molecule has 2 aromatic heterocycles. The molecule has 23 heavy (non-hydrogen) atoms. The van der Waals surface area contributed by atoms with E-state index in [1.807, 2.05) is 36.4 Å². The quantitative estimate of drug-likeness (QED) is 0.549. The number of carbonyl (C=O) groups excluding carboxylic acids is 1. The SMILES string of the molecule is CNC(=O)c1cccn2c(=O)c3cc4ccccc4cc3nc12. The van der Waals surface area contributed by atoms with Gasteiger partial charge in [0.1, 0.15) is 0 Å². The number of hydrogen-bond acceptors (Lipinski definition) is 3. The van der Waals surface area contributed by atoms with E-state index in [2.05, 4.69) is 10.3 Å². The van der Waals surface area contributed by atoms with E-state index < -0.39 is 0 Å². The molecule has 0 aliphatic rings. The number of aromatic nitrogens is 2. The highest BCUT2D eigenvalue weighted by molar-refractivity contribution is 6.01. The Morgan fingerprint density at radius 1 is 1.09 bits per heavy atom. The molecule has 0 bridgehead atoms. The summed E-state index contributed by atoms with van der Waals surface area (Å²) in [4.78, 5) is 29.4. The molecule has 1 N–H and O–H groups in total. The second-order valence-electron chi connectivity index (χ2n) is 5.33. The van der Waals surface area contributed by atoms with Gasteiger partial charge in [-0.2, -0.15) is 0 Å². The molecule has 4 rings (SSSR count). The van der Waals surface area contributed by atoms with Crippen LogP contribution in [0.25, 0.3) is 27.3 Å². The van der Waals surface area contributed by atoms with Crippen LogP contribution in [0, 0.1) is 0 Å². The molecule has 5 nitrogen and oxygen atoms in total. The fraction of sp³-hybridized carbons (Fsp3) is 0.0556. The molecular formula is C18H13N3O2. The topological polar surface area (TPSA) is 63.5 Å². The number of nitrogens with zero attached hydrogens (tertiary/aromatic N) is 2. The van der Waals surface area contributed by atoms with Gasteiger partial charge in [0.15, 0.2) is 5.65 Å². The fourth-order valence-electron chi connectivity index (χ4n) is 2.83. The van der Waals surface area contributed by atoms with Crippen molar-refractivity contribution in [2.45, 2.75) is 0 Å². The van der Waals surface area contributed by atoms with Gasteiger partial charge in [-0.15, -0.1) is 0 Å². The van der Waals surface area contributed by atoms with Crippen LogP contribution in [0.1, 0.15) is 10.4 Å². The number of benzene rings is 2. The van der Waals surface area contributed by atoms with E-state index in [1.165, 1.54) is 4.40 Å². The summed E-state index contributed by atoms with van der Waals surface area (Å²) in [5, 5.41) is 5.11. The van der Waals surface area contributed by atoms with Crippen molar-refractivity contribution in [3.05, 3.63) is 70.6 Å². The van der Waals surface area contributed by atoms with E-state index in [1.54, 1.807) is 25.4 Å². The molecule has 0 spiro atoms. The zero-order chi connectivity index (χ0) is 16.0. The molecule has 0 unspecified atom stereocenters. The van der Waals surface area contributed by atoms with Crippen LogP contribution in [-0.2, 0) is 0 Å². The van der Waals surface area contributed by atoms with Crippen molar-refractivity contribution in [2.75, 3.05) is 7.05 Å². The maximum atomic E-state index is 12.8. The van der Waals surface area contributed by atoms with Crippen LogP contribution in [0.3, 0.4) is 0 Å². The van der Waals surface area contributed by atoms with Crippen LogP contribution in [0.5, 0.6) is 0 Å². The highest BCUT2D eigenvalue weighted by Crippen LogP contribution is 2.20. The molecule has 0 saturated carbocycles. The Morgan fingerprint density at radius 3 is 2.57 bits per heavy atom. The Hall–Kier alpha value is -3.21. The molecule has 4 aromatic rings. The predicted octanol–water partition coefficient (Wildman–Crippen LogP) is 2.36. The minimum Gasteiger partial charge on any atom is -0.355 e. The molecule has 2 heterocycles. The first-order chi connectivity index (χ1) is 11.2. The minimum absolute atomic E-state index is 0.179. The van der Waals surface area contributed by atoms with Gasteiger partial charge in [0.05, 0.1) is 16.5 Å². The van der Waals surface area contributed by atoms with E-state index in [0.717, 1.165) is 10.8 Å². The molecule has 0 fully saturated rings. The van der Waals surface area contributed by atoms with Crippen molar-refractivity contribution in [1.82, 2.24) is 14.7 Å². The lowest BCUT2D eigenvalue weighted by Crippen LogP contribution is -2.22. The molecule has 0 saturated heterocycles. The summed E-state index contributed by atoms with van der Waals surface area (Å²) in [6, 6.07) is 14.9. The van der Waals surface area contributed by atoms with Crippen LogP contribution in [0.15, 0.2) is 59.5 Å². The van der Waals surface area contributed by atoms with Crippen LogP contribution >= 0.6 is 0 Å². The first kappa shape index (κ1) is 13.5. The third-order valence-electron chi connectivity index (χ3n) is 3.98. The van der Waals surface area contributed by atoms with Crippen molar-refractivity contribution in [3.63, 3.8) is 0 Å². The molecule has 112 valence electrons. The Bertz CT molecular complexity index is 1150. The number of nitrogens with one attached hydrogen (secondary N) is 1. The molecule has 1 amide bonds. The van der Waals surface area contributed by atoms with Crippen LogP contribution in [-0.4, -0.2) is 22.3 Å². The van der Waals surface area contributed by atoms with Gasteiger partial charge in [0, 0.05) is 13.2 Å². The van der Waals surface area contributed by atoms with Crippen molar-refractivity contribution in [3.8, 4) is 0 Å². The summed E-state index contributed by atoms with van der Waals surface area (Å²) >= 11 is 0. The van der Waals surface area contributed by atoms with Crippen molar-refractivity contribution in [1.29, 1.82) is 0 Å². The van der Waals surface area contributed by atoms with Gasteiger partial charge in [0.25, 0.3) is 11.5 Å². The maximum Gasteiger partial charge on any atom is 0.265 e. The van der Waals surface area contributed by atoms with Gasteiger partial charge in [-0.05, 0) is 35.0 Å². The summed E-state index contributed by atoms with van der Waals surface area (Å²) < 4.78 is 1.42. The highest BCUT2D eigenvalue weighted by atomic mass is 16.1. The van der Waals surface area contributed by atoms with Crippen molar-refractivity contribution in [2.24, 2.45) is 0 Å². The van der Waals surface area contributed by atoms with Gasteiger partial charge >= 0.3 is 0 Å². The van der Waals surface area contributed by atoms with E-state index in [9.17, 15) is 9.59 Å². The molecule has 0 aliphatic carbocycles. The van der Waals surface area contributed by atoms with E-state index in [0.29, 0.717) is 22.1 Å². The summed E-state index contributed by atoms with van der Waals surface area (Å²) in [5.74, 6) is -0.268. The second kappa shape index (κ2) is 4.91. The van der Waals surface area contributed by atoms with Crippen LogP contribution < -0.4 is 10.9 Å². The first-order valence-electron chi connectivity index (χ1n) is 7.25. The minimum atomic E-state index is -0.268. The number of rotatable bonds is 1. The number of fused-ring (bicyclic) bond motifs is 3. The zero-order valence-electron chi connectivity index (χ0n) is 12.4. The normalized spacial score (nSPS) is 11.2. The van der Waals surface area contributed by atoms with Gasteiger partial charge in [-0.3, -0.25) is 14.0 Å². The third-order valence-corrected chi connectivity index (χ3v) is 3.98. The molecule has 2 aromatic carbocycles. The third kappa shape index (κ3) is 1.97. The summed E-state index contributed by atoms with van der Waals surface area (Å²) in [7, 11) is 1.55. The lowest BCUT2D eigenvalue weighted by molar-refractivity contribution is 0.0964. The van der Waals surface area contributed by atoms with E-state index in [4.69, 9.17) is 0 Å². The standard InChI is InChI=1S/C18H13N3O2/c1-19-17(22)13-7-4-8-21-16(13)20-15-10-12-6-3-2-5-11(12)9-14(15)18(21)23/h2-10H,1H3,(H,19,22). The average molecular weight is 303 g/mol. The Morgan fingerprint density at radius 2 is 1.83 bits per heavy atom. The number of hydrogen-bond donors (Lipinski definition) is 1. The van der Waals surface area contributed by atoms with E-state index in [-0.39, 0.29) is 11.5 Å². The lowest BCUT2D eigenvalue weighted by atomic mass is 10.1. The summed E-state index contributed by atoms with van der Waals surface area (Å²) in [5.41, 5.74) is 1.15. The molecule has 0 aliphatic heterocycles. The maximum absolute atomic E-state index is 12.8. The zero-order valence-corrected chi connectivity index (χ0v) is 12.4. The molecule has 0 radical (unpaired) electrons. The molecular weight excluding hydrogens is 290 g/mol. The largest absolute Gasteiger partial charge is 0.355 e. The highest BCUT2D eigenvalue weighted by Gasteiger charge is 2.13. The van der Waals surface area contributed by atoms with Gasteiger partial charge in [-0.25, -0.2) is 4.98 Å². The smallest absolute Gasteiger partial charge is 0.265 e. The lowest BCUT2D eigenvalue weighted by Gasteiger charge is -2.08. The van der Waals surface area contributed by atoms with E-state index >= 15 is 0 Å². The van der Waals surface area contributed by atoms with Gasteiger partial charge in [0.2, 0.25) is 0 Å². The summed E-state index contributed by atoms with van der Waals surface area (Å²) in [6.07, 6.45) is 1.63. The second-order valence-corrected chi connectivity index (χ2v) is 5.33. The molecule has 0 atom stereocenters. The molecule has 5 heteroatoms. The number of carbonyl (C=O) groups is 1. The number of pyridine rings is 1. The van der Waals surface area contributed by atoms with Crippen LogP contribution in [0.2, 0.25) is 0 Å². The van der Waals surface area contributed by atoms with Gasteiger partial charge in [-0.1, -0.05) is 24.3 Å². The fourth-order valence-corrected chi connectivity index (χ4v) is 2.83. The first-order valence-corrected chi connectivity index (χ1v) is 7.25. The van der Waals surface area contributed by atoms with Gasteiger partial charge < -0.3 is 5.32 Å². The average Bonchev–Trinajstić information content (AvgIpc) is 2.59. The van der Waals surface area contributed by atoms with Crippen molar-refractivity contribution >= 4 is 33.2 Å². The summed E-state index contributed by atoms with van der Waals surface area (Å²) in [6.45, 7) is 0. The Balaban J connectivity index is 2.19. The van der Waals surface area contributed by atoms with Crippen LogP contribution in [0.4, 0.5) is 0 Å². The monoisotopic (exact) mass is 303 g/mol. The Kier molecular flexibility index (Phi) is 2.87.